The Balaban J connectivity index is 2.59. The van der Waals surface area contributed by atoms with E-state index in [0.717, 1.165) is 8.95 Å². The number of nitrogens with zero attached hydrogens (tertiary/aromatic N) is 2. The molecule has 1 N–H and O–H groups in total. The standard InChI is InChI=1S/C11H8Br3N3O2/c1-19-4-7-8(14)11(18)17-10(16-7)9-6(13)2-5(12)3-15-9/h2-3H,4H2,1H3,(H,16,17,18). The van der Waals surface area contributed by atoms with Crippen molar-refractivity contribution in [1.82, 2.24) is 15.0 Å². The minimum Gasteiger partial charge on any atom is -0.378 e. The minimum atomic E-state index is -0.270. The highest BCUT2D eigenvalue weighted by Crippen LogP contribution is 2.26. The molecule has 100 valence electrons. The molecular formula is C11H8Br3N3O2. The van der Waals surface area contributed by atoms with Crippen LogP contribution in [0.1, 0.15) is 5.69 Å². The summed E-state index contributed by atoms with van der Waals surface area (Å²) in [7, 11) is 1.54. The lowest BCUT2D eigenvalue weighted by molar-refractivity contribution is 0.180. The third-order valence-electron chi connectivity index (χ3n) is 2.24. The molecule has 0 atom stereocenters. The van der Waals surface area contributed by atoms with Gasteiger partial charge in [0.05, 0.1) is 12.3 Å². The summed E-state index contributed by atoms with van der Waals surface area (Å²) in [5.74, 6) is 0.389. The van der Waals surface area contributed by atoms with Gasteiger partial charge in [0.2, 0.25) is 0 Å². The van der Waals surface area contributed by atoms with Crippen molar-refractivity contribution in [2.45, 2.75) is 6.61 Å². The molecule has 19 heavy (non-hydrogen) atoms. The predicted octanol–water partition coefficient (Wildman–Crippen LogP) is 3.27. The van der Waals surface area contributed by atoms with Gasteiger partial charge in [0.15, 0.2) is 5.82 Å². The highest BCUT2D eigenvalue weighted by atomic mass is 79.9. The lowest BCUT2D eigenvalue weighted by Gasteiger charge is -2.07. The SMILES string of the molecule is COCc1nc(-c2ncc(Br)cc2Br)[nH]c(=O)c1Br. The number of nitrogens with one attached hydrogen (secondary N) is 1. The smallest absolute Gasteiger partial charge is 0.265 e. The van der Waals surface area contributed by atoms with E-state index in [1.54, 1.807) is 13.3 Å². The van der Waals surface area contributed by atoms with E-state index in [9.17, 15) is 4.79 Å². The van der Waals surface area contributed by atoms with Crippen LogP contribution in [-0.4, -0.2) is 22.1 Å². The van der Waals surface area contributed by atoms with Crippen molar-refractivity contribution in [1.29, 1.82) is 0 Å². The molecule has 0 saturated heterocycles. The van der Waals surface area contributed by atoms with Gasteiger partial charge >= 0.3 is 0 Å². The largest absolute Gasteiger partial charge is 0.378 e. The van der Waals surface area contributed by atoms with Crippen molar-refractivity contribution in [2.75, 3.05) is 7.11 Å². The van der Waals surface area contributed by atoms with Gasteiger partial charge in [-0.2, -0.15) is 0 Å². The highest BCUT2D eigenvalue weighted by molar-refractivity contribution is 9.11. The topological polar surface area (TPSA) is 67.9 Å². The number of ether oxygens (including phenoxy) is 1. The summed E-state index contributed by atoms with van der Waals surface area (Å²) in [4.78, 5) is 23.1. The van der Waals surface area contributed by atoms with Crippen LogP contribution in [0.15, 0.2) is 30.5 Å². The molecule has 0 aliphatic rings. The first-order valence-electron chi connectivity index (χ1n) is 5.12. The Morgan fingerprint density at radius 3 is 2.74 bits per heavy atom. The molecule has 0 saturated carbocycles. The van der Waals surface area contributed by atoms with E-state index < -0.39 is 0 Å². The van der Waals surface area contributed by atoms with Gasteiger partial charge in [-0.05, 0) is 53.9 Å². The maximum atomic E-state index is 11.8. The predicted molar refractivity (Wildman–Crippen MR) is 81.9 cm³/mol. The normalized spacial score (nSPS) is 10.7. The van der Waals surface area contributed by atoms with Crippen LogP contribution in [-0.2, 0) is 11.3 Å². The molecule has 2 aromatic rings. The quantitative estimate of drug-likeness (QED) is 0.774. The molecule has 0 spiro atoms. The first-order valence-corrected chi connectivity index (χ1v) is 7.50. The third-order valence-corrected chi connectivity index (χ3v) is 4.10. The van der Waals surface area contributed by atoms with Crippen molar-refractivity contribution in [3.63, 3.8) is 0 Å². The van der Waals surface area contributed by atoms with Crippen molar-refractivity contribution in [3.8, 4) is 11.5 Å². The Morgan fingerprint density at radius 2 is 2.11 bits per heavy atom. The van der Waals surface area contributed by atoms with E-state index in [0.29, 0.717) is 21.7 Å². The van der Waals surface area contributed by atoms with Gasteiger partial charge in [-0.15, -0.1) is 0 Å². The number of halogens is 3. The minimum absolute atomic E-state index is 0.242. The molecule has 8 heteroatoms. The highest BCUT2D eigenvalue weighted by Gasteiger charge is 2.13. The molecule has 2 heterocycles. The molecule has 0 amide bonds. The van der Waals surface area contributed by atoms with Gasteiger partial charge in [0, 0.05) is 22.3 Å². The average molecular weight is 454 g/mol. The summed E-state index contributed by atoms with van der Waals surface area (Å²) in [6, 6.07) is 1.83. The van der Waals surface area contributed by atoms with E-state index in [-0.39, 0.29) is 12.2 Å². The van der Waals surface area contributed by atoms with E-state index in [1.807, 2.05) is 6.07 Å². The van der Waals surface area contributed by atoms with Crippen LogP contribution in [0, 0.1) is 0 Å². The molecule has 5 nitrogen and oxygen atoms in total. The van der Waals surface area contributed by atoms with Gasteiger partial charge in [-0.3, -0.25) is 9.78 Å². The zero-order valence-corrected chi connectivity index (χ0v) is 14.5. The Morgan fingerprint density at radius 1 is 1.37 bits per heavy atom. The molecule has 0 fully saturated rings. The number of pyridine rings is 1. The molecule has 0 aromatic carbocycles. The first kappa shape index (κ1) is 14.8. The molecular weight excluding hydrogens is 446 g/mol. The average Bonchev–Trinajstić information content (AvgIpc) is 2.35. The van der Waals surface area contributed by atoms with Gasteiger partial charge in [0.1, 0.15) is 10.2 Å². The van der Waals surface area contributed by atoms with Crippen LogP contribution in [0.4, 0.5) is 0 Å². The molecule has 0 unspecified atom stereocenters. The molecule has 0 aliphatic carbocycles. The lowest BCUT2D eigenvalue weighted by Crippen LogP contribution is -2.14. The summed E-state index contributed by atoms with van der Waals surface area (Å²) in [5, 5.41) is 0. The number of rotatable bonds is 3. The first-order chi connectivity index (χ1) is 9.02. The zero-order valence-electron chi connectivity index (χ0n) is 9.71. The summed E-state index contributed by atoms with van der Waals surface area (Å²) < 4.78 is 6.95. The van der Waals surface area contributed by atoms with Crippen molar-refractivity contribution < 1.29 is 4.74 Å². The summed E-state index contributed by atoms with van der Waals surface area (Å²) in [5.41, 5.74) is 0.816. The van der Waals surface area contributed by atoms with Gasteiger partial charge < -0.3 is 9.72 Å². The maximum absolute atomic E-state index is 11.8. The van der Waals surface area contributed by atoms with E-state index in [4.69, 9.17) is 4.74 Å². The fourth-order valence-corrected chi connectivity index (χ4v) is 2.92. The van der Waals surface area contributed by atoms with Crippen LogP contribution >= 0.6 is 47.8 Å². The summed E-state index contributed by atoms with van der Waals surface area (Å²) in [6.07, 6.45) is 1.64. The number of hydrogen-bond acceptors (Lipinski definition) is 4. The van der Waals surface area contributed by atoms with Gasteiger partial charge in [-0.25, -0.2) is 4.98 Å². The molecule has 2 rings (SSSR count). The second-order valence-corrected chi connectivity index (χ2v) is 6.16. The summed E-state index contributed by atoms with van der Waals surface area (Å²) in [6.45, 7) is 0.242. The summed E-state index contributed by atoms with van der Waals surface area (Å²) >= 11 is 9.91. The van der Waals surface area contributed by atoms with E-state index in [1.165, 1.54) is 0 Å². The fraction of sp³-hybridized carbons (Fsp3) is 0.182. The fourth-order valence-electron chi connectivity index (χ4n) is 1.44. The Labute approximate surface area is 134 Å². The van der Waals surface area contributed by atoms with E-state index >= 15 is 0 Å². The Hall–Kier alpha value is -0.570. The van der Waals surface area contributed by atoms with Crippen LogP contribution < -0.4 is 5.56 Å². The van der Waals surface area contributed by atoms with E-state index in [2.05, 4.69) is 62.7 Å². The Bertz CT molecular complexity index is 673. The zero-order chi connectivity index (χ0) is 14.0. The number of aromatic amines is 1. The maximum Gasteiger partial charge on any atom is 0.265 e. The molecule has 0 radical (unpaired) electrons. The lowest BCUT2D eigenvalue weighted by atomic mass is 10.3. The van der Waals surface area contributed by atoms with Crippen molar-refractivity contribution >= 4 is 47.8 Å². The second-order valence-electron chi connectivity index (χ2n) is 3.59. The molecule has 0 aliphatic heterocycles. The number of hydrogen-bond donors (Lipinski definition) is 1. The number of aromatic nitrogens is 3. The number of H-pyrrole nitrogens is 1. The molecule has 2 aromatic heterocycles. The third kappa shape index (κ3) is 3.31. The van der Waals surface area contributed by atoms with Gasteiger partial charge in [0.25, 0.3) is 5.56 Å². The monoisotopic (exact) mass is 451 g/mol. The Kier molecular flexibility index (Phi) is 4.88. The van der Waals surface area contributed by atoms with Crippen LogP contribution in [0.25, 0.3) is 11.5 Å². The van der Waals surface area contributed by atoms with Crippen LogP contribution in [0.5, 0.6) is 0 Å². The van der Waals surface area contributed by atoms with Crippen molar-refractivity contribution in [2.24, 2.45) is 0 Å². The van der Waals surface area contributed by atoms with Crippen molar-refractivity contribution in [3.05, 3.63) is 41.7 Å². The number of methoxy groups -OCH3 is 1. The van der Waals surface area contributed by atoms with Crippen LogP contribution in [0.2, 0.25) is 0 Å². The van der Waals surface area contributed by atoms with Crippen LogP contribution in [0.3, 0.4) is 0 Å². The second kappa shape index (κ2) is 6.25. The molecule has 0 bridgehead atoms. The van der Waals surface area contributed by atoms with Gasteiger partial charge in [-0.1, -0.05) is 0 Å².